The van der Waals surface area contributed by atoms with E-state index in [4.69, 9.17) is 10.5 Å². The van der Waals surface area contributed by atoms with Crippen LogP contribution >= 0.6 is 23.1 Å². The Bertz CT molecular complexity index is 1090. The van der Waals surface area contributed by atoms with Crippen LogP contribution in [0.25, 0.3) is 11.3 Å². The fourth-order valence-corrected chi connectivity index (χ4v) is 4.02. The van der Waals surface area contributed by atoms with Crippen LogP contribution in [-0.4, -0.2) is 40.9 Å². The van der Waals surface area contributed by atoms with E-state index in [1.54, 1.807) is 23.9 Å². The number of rotatable bonds is 9. The van der Waals surface area contributed by atoms with Crippen molar-refractivity contribution in [3.63, 3.8) is 0 Å². The van der Waals surface area contributed by atoms with Gasteiger partial charge < -0.3 is 21.1 Å². The van der Waals surface area contributed by atoms with Crippen molar-refractivity contribution < 1.29 is 19.1 Å². The van der Waals surface area contributed by atoms with Crippen molar-refractivity contribution in [1.82, 2.24) is 10.3 Å². The Morgan fingerprint density at radius 2 is 1.94 bits per heavy atom. The van der Waals surface area contributed by atoms with Crippen LogP contribution in [0.3, 0.4) is 0 Å². The lowest BCUT2D eigenvalue weighted by molar-refractivity contribution is -0.118. The lowest BCUT2D eigenvalue weighted by Crippen LogP contribution is -2.44. The number of ether oxygens (including phenoxy) is 1. The van der Waals surface area contributed by atoms with Gasteiger partial charge in [0.15, 0.2) is 5.13 Å². The summed E-state index contributed by atoms with van der Waals surface area (Å²) in [5.41, 5.74) is 6.98. The van der Waals surface area contributed by atoms with Gasteiger partial charge in [0.1, 0.15) is 11.8 Å². The Kier molecular flexibility index (Phi) is 8.23. The molecule has 166 valence electrons. The molecule has 0 radical (unpaired) electrons. The van der Waals surface area contributed by atoms with Crippen LogP contribution in [0.5, 0.6) is 5.75 Å². The molecule has 0 aliphatic heterocycles. The second-order valence-electron chi connectivity index (χ2n) is 6.65. The highest BCUT2D eigenvalue weighted by Crippen LogP contribution is 2.25. The fourth-order valence-electron chi connectivity index (χ4n) is 2.83. The molecule has 8 nitrogen and oxygen atoms in total. The monoisotopic (exact) mass is 470 g/mol. The number of thiazole rings is 1. The quantitative estimate of drug-likeness (QED) is 0.438. The van der Waals surface area contributed by atoms with Crippen LogP contribution < -0.4 is 21.1 Å². The van der Waals surface area contributed by atoms with E-state index in [1.807, 2.05) is 42.0 Å². The van der Waals surface area contributed by atoms with E-state index in [-0.39, 0.29) is 17.2 Å². The highest BCUT2D eigenvalue weighted by molar-refractivity contribution is 7.98. The Hall–Kier alpha value is -3.37. The third-order valence-electron chi connectivity index (χ3n) is 4.35. The van der Waals surface area contributed by atoms with Crippen molar-refractivity contribution in [2.75, 3.05) is 17.3 Å². The first-order valence-corrected chi connectivity index (χ1v) is 11.9. The van der Waals surface area contributed by atoms with Gasteiger partial charge >= 0.3 is 6.09 Å². The predicted molar refractivity (Wildman–Crippen MR) is 127 cm³/mol. The topological polar surface area (TPSA) is 123 Å². The van der Waals surface area contributed by atoms with Gasteiger partial charge in [0.2, 0.25) is 5.91 Å². The maximum atomic E-state index is 12.9. The number of nitrogens with zero attached hydrogens (tertiary/aromatic N) is 1. The van der Waals surface area contributed by atoms with Crippen LogP contribution in [0.2, 0.25) is 0 Å². The second-order valence-corrected chi connectivity index (χ2v) is 8.49. The van der Waals surface area contributed by atoms with Gasteiger partial charge in [0, 0.05) is 16.5 Å². The van der Waals surface area contributed by atoms with Crippen molar-refractivity contribution in [3.05, 3.63) is 65.5 Å². The largest absolute Gasteiger partial charge is 0.410 e. The van der Waals surface area contributed by atoms with Crippen molar-refractivity contribution in [1.29, 1.82) is 0 Å². The van der Waals surface area contributed by atoms with E-state index in [9.17, 15) is 14.4 Å². The van der Waals surface area contributed by atoms with Crippen LogP contribution in [0.1, 0.15) is 16.8 Å². The Morgan fingerprint density at radius 3 is 2.66 bits per heavy atom. The smallest absolute Gasteiger partial charge is 0.409 e. The molecule has 0 saturated carbocycles. The van der Waals surface area contributed by atoms with E-state index >= 15 is 0 Å². The molecule has 3 aromatic rings. The predicted octanol–water partition coefficient (Wildman–Crippen LogP) is 3.76. The third-order valence-corrected chi connectivity index (χ3v) is 5.75. The van der Waals surface area contributed by atoms with Crippen LogP contribution in [0.15, 0.2) is 60.0 Å². The molecular weight excluding hydrogens is 448 g/mol. The zero-order valence-corrected chi connectivity index (χ0v) is 18.9. The summed E-state index contributed by atoms with van der Waals surface area (Å²) in [5.74, 6) is -0.00116. The summed E-state index contributed by atoms with van der Waals surface area (Å²) < 4.78 is 4.81. The maximum absolute atomic E-state index is 12.9. The molecular formula is C22H22N4O4S2. The molecule has 0 aliphatic carbocycles. The zero-order valence-electron chi connectivity index (χ0n) is 17.2. The summed E-state index contributed by atoms with van der Waals surface area (Å²) in [6, 6.07) is 14.9. The number of thioether (sulfide) groups is 1. The number of hydrogen-bond acceptors (Lipinski definition) is 7. The van der Waals surface area contributed by atoms with Crippen molar-refractivity contribution in [2.24, 2.45) is 5.73 Å². The van der Waals surface area contributed by atoms with Gasteiger partial charge in [-0.15, -0.1) is 11.3 Å². The number of nitrogens with two attached hydrogens (primary N) is 1. The molecule has 0 aliphatic rings. The maximum Gasteiger partial charge on any atom is 0.409 e. The number of hydrogen-bond donors (Lipinski definition) is 3. The first kappa shape index (κ1) is 23.3. The summed E-state index contributed by atoms with van der Waals surface area (Å²) >= 11 is 2.89. The van der Waals surface area contributed by atoms with Crippen molar-refractivity contribution in [3.8, 4) is 17.0 Å². The second kappa shape index (κ2) is 11.3. The third kappa shape index (κ3) is 6.56. The number of anilines is 1. The molecule has 1 aromatic heterocycles. The van der Waals surface area contributed by atoms with Gasteiger partial charge in [-0.25, -0.2) is 9.78 Å². The number of benzene rings is 2. The van der Waals surface area contributed by atoms with Gasteiger partial charge in [0.25, 0.3) is 5.91 Å². The Labute approximate surface area is 193 Å². The Balaban J connectivity index is 1.69. The molecule has 3 rings (SSSR count). The number of amides is 3. The molecule has 32 heavy (non-hydrogen) atoms. The van der Waals surface area contributed by atoms with E-state index in [1.165, 1.54) is 23.5 Å². The summed E-state index contributed by atoms with van der Waals surface area (Å²) in [6.07, 6.45) is 1.39. The molecule has 0 bridgehead atoms. The highest BCUT2D eigenvalue weighted by atomic mass is 32.2. The van der Waals surface area contributed by atoms with Crippen molar-refractivity contribution >= 4 is 46.1 Å². The molecule has 10 heteroatoms. The summed E-state index contributed by atoms with van der Waals surface area (Å²) in [4.78, 5) is 41.0. The molecule has 0 fully saturated rings. The molecule has 3 amide bonds. The first-order valence-electron chi connectivity index (χ1n) is 9.65. The first-order chi connectivity index (χ1) is 15.5. The lowest BCUT2D eigenvalue weighted by atomic mass is 10.1. The summed E-state index contributed by atoms with van der Waals surface area (Å²) in [7, 11) is 0. The number of nitrogens with one attached hydrogen (secondary N) is 2. The van der Waals surface area contributed by atoms with Crippen molar-refractivity contribution in [2.45, 2.75) is 12.5 Å². The number of primary amides is 1. The fraction of sp³-hybridized carbons (Fsp3) is 0.182. The van der Waals surface area contributed by atoms with E-state index in [0.717, 1.165) is 11.3 Å². The molecule has 0 spiro atoms. The highest BCUT2D eigenvalue weighted by Gasteiger charge is 2.22. The van der Waals surface area contributed by atoms with Gasteiger partial charge in [-0.05, 0) is 36.6 Å². The zero-order chi connectivity index (χ0) is 22.9. The molecule has 1 heterocycles. The Morgan fingerprint density at radius 1 is 1.16 bits per heavy atom. The molecule has 0 saturated heterocycles. The number of carbonyl (C=O) groups is 3. The van der Waals surface area contributed by atoms with E-state index in [0.29, 0.717) is 17.3 Å². The average Bonchev–Trinajstić information content (AvgIpc) is 3.25. The molecule has 4 N–H and O–H groups in total. The van der Waals surface area contributed by atoms with Crippen LogP contribution in [-0.2, 0) is 4.79 Å². The van der Waals surface area contributed by atoms with Gasteiger partial charge in [-0.1, -0.05) is 36.4 Å². The minimum Gasteiger partial charge on any atom is -0.410 e. The SMILES string of the molecule is CSCCC(NC(=O)c1cccc(OC(N)=O)c1)C(=O)Nc1nc(-c2ccccc2)cs1. The molecule has 1 unspecified atom stereocenters. The van der Waals surface area contributed by atoms with Gasteiger partial charge in [-0.3, -0.25) is 9.59 Å². The molecule has 2 aromatic carbocycles. The molecule has 1 atom stereocenters. The van der Waals surface area contributed by atoms with Crippen LogP contribution in [0, 0.1) is 0 Å². The summed E-state index contributed by atoms with van der Waals surface area (Å²) in [5, 5.41) is 7.86. The summed E-state index contributed by atoms with van der Waals surface area (Å²) in [6.45, 7) is 0. The normalized spacial score (nSPS) is 11.4. The number of carbonyl (C=O) groups excluding carboxylic acids is 3. The minimum absolute atomic E-state index is 0.145. The number of aromatic nitrogens is 1. The lowest BCUT2D eigenvalue weighted by Gasteiger charge is -2.17. The van der Waals surface area contributed by atoms with Gasteiger partial charge in [-0.2, -0.15) is 11.8 Å². The minimum atomic E-state index is -0.974. The van der Waals surface area contributed by atoms with Crippen LogP contribution in [0.4, 0.5) is 9.93 Å². The standard InChI is InChI=1S/C22H22N4O4S2/c1-31-11-10-17(24-19(27)15-8-5-9-16(12-15)30-21(23)29)20(28)26-22-25-18(13-32-22)14-6-3-2-4-7-14/h2-9,12-13,17H,10-11H2,1H3,(H2,23,29)(H,24,27)(H,25,26,28). The van der Waals surface area contributed by atoms with E-state index in [2.05, 4.69) is 15.6 Å². The van der Waals surface area contributed by atoms with E-state index < -0.39 is 18.0 Å². The average molecular weight is 471 g/mol. The van der Waals surface area contributed by atoms with Gasteiger partial charge in [0.05, 0.1) is 5.69 Å².